The standard InChI is InChI=1S/C25H31N3O2/c29-24(26-21-16-17-21)23-15-8-18-28(23)25(30)27-22(20-12-5-2-6-13-20)14-7-11-19-9-3-1-4-10-19/h1-6,9-10,12-13,21-23H,7-8,11,14-18H2,(H,26,29)(H,27,30). The maximum absolute atomic E-state index is 13.1. The van der Waals surface area contributed by atoms with Crippen molar-refractivity contribution in [3.05, 3.63) is 71.8 Å². The van der Waals surface area contributed by atoms with Gasteiger partial charge >= 0.3 is 6.03 Å². The molecule has 0 radical (unpaired) electrons. The van der Waals surface area contributed by atoms with Crippen molar-refractivity contribution in [1.29, 1.82) is 0 Å². The molecule has 1 heterocycles. The molecule has 2 unspecified atom stereocenters. The zero-order valence-electron chi connectivity index (χ0n) is 17.4. The molecule has 2 aliphatic rings. The van der Waals surface area contributed by atoms with Crippen molar-refractivity contribution < 1.29 is 9.59 Å². The summed E-state index contributed by atoms with van der Waals surface area (Å²) in [5.41, 5.74) is 2.42. The lowest BCUT2D eigenvalue weighted by atomic mass is 9.99. The van der Waals surface area contributed by atoms with Gasteiger partial charge in [-0.05, 0) is 56.1 Å². The molecule has 30 heavy (non-hydrogen) atoms. The van der Waals surface area contributed by atoms with Crippen LogP contribution < -0.4 is 10.6 Å². The van der Waals surface area contributed by atoms with E-state index in [1.54, 1.807) is 4.90 Å². The second-order valence-corrected chi connectivity index (χ2v) is 8.42. The summed E-state index contributed by atoms with van der Waals surface area (Å²) in [6.07, 6.45) is 6.56. The zero-order valence-corrected chi connectivity index (χ0v) is 17.4. The topological polar surface area (TPSA) is 61.4 Å². The molecule has 2 N–H and O–H groups in total. The fourth-order valence-corrected chi connectivity index (χ4v) is 4.20. The van der Waals surface area contributed by atoms with E-state index >= 15 is 0 Å². The van der Waals surface area contributed by atoms with Gasteiger partial charge in [0.15, 0.2) is 0 Å². The minimum Gasteiger partial charge on any atom is -0.352 e. The van der Waals surface area contributed by atoms with E-state index in [1.807, 2.05) is 24.3 Å². The molecule has 3 amide bonds. The van der Waals surface area contributed by atoms with E-state index in [0.717, 1.165) is 50.5 Å². The summed E-state index contributed by atoms with van der Waals surface area (Å²) < 4.78 is 0. The maximum atomic E-state index is 13.1. The molecule has 2 atom stereocenters. The summed E-state index contributed by atoms with van der Waals surface area (Å²) in [4.78, 5) is 27.4. The Labute approximate surface area is 178 Å². The van der Waals surface area contributed by atoms with Gasteiger partial charge < -0.3 is 15.5 Å². The van der Waals surface area contributed by atoms with E-state index in [1.165, 1.54) is 5.56 Å². The fraction of sp³-hybridized carbons (Fsp3) is 0.440. The van der Waals surface area contributed by atoms with Crippen LogP contribution in [0.3, 0.4) is 0 Å². The number of aryl methyl sites for hydroxylation is 1. The number of amides is 3. The first-order valence-electron chi connectivity index (χ1n) is 11.2. The summed E-state index contributed by atoms with van der Waals surface area (Å²) in [5.74, 6) is 0.00508. The molecule has 2 aromatic rings. The van der Waals surface area contributed by atoms with Gasteiger partial charge in [-0.1, -0.05) is 60.7 Å². The van der Waals surface area contributed by atoms with Gasteiger partial charge in [-0.2, -0.15) is 0 Å². The SMILES string of the molecule is O=C(NC1CC1)C1CCCN1C(=O)NC(CCCc1ccccc1)c1ccccc1. The van der Waals surface area contributed by atoms with Crippen LogP contribution in [0.5, 0.6) is 0 Å². The average Bonchev–Trinajstić information content (AvgIpc) is 3.45. The van der Waals surface area contributed by atoms with Crippen LogP contribution in [-0.2, 0) is 11.2 Å². The number of likely N-dealkylation sites (tertiary alicyclic amines) is 1. The molecule has 0 aromatic heterocycles. The lowest BCUT2D eigenvalue weighted by molar-refractivity contribution is -0.124. The smallest absolute Gasteiger partial charge is 0.318 e. The molecule has 4 rings (SSSR count). The molecule has 1 aliphatic carbocycles. The quantitative estimate of drug-likeness (QED) is 0.691. The molecule has 2 aromatic carbocycles. The van der Waals surface area contributed by atoms with Gasteiger partial charge in [-0.3, -0.25) is 4.79 Å². The predicted molar refractivity (Wildman–Crippen MR) is 118 cm³/mol. The molecule has 0 bridgehead atoms. The van der Waals surface area contributed by atoms with Crippen LogP contribution in [0.25, 0.3) is 0 Å². The van der Waals surface area contributed by atoms with Crippen molar-refractivity contribution in [3.63, 3.8) is 0 Å². The van der Waals surface area contributed by atoms with E-state index in [0.29, 0.717) is 12.6 Å². The lowest BCUT2D eigenvalue weighted by Gasteiger charge is -2.27. The number of nitrogens with zero attached hydrogens (tertiary/aromatic N) is 1. The Hall–Kier alpha value is -2.82. The largest absolute Gasteiger partial charge is 0.352 e. The fourth-order valence-electron chi connectivity index (χ4n) is 4.20. The number of carbonyl (C=O) groups excluding carboxylic acids is 2. The Balaban J connectivity index is 1.38. The number of rotatable bonds is 8. The highest BCUT2D eigenvalue weighted by molar-refractivity contribution is 5.88. The number of carbonyl (C=O) groups is 2. The van der Waals surface area contributed by atoms with Crippen LogP contribution in [0.4, 0.5) is 4.79 Å². The van der Waals surface area contributed by atoms with Crippen molar-refractivity contribution >= 4 is 11.9 Å². The van der Waals surface area contributed by atoms with Crippen molar-refractivity contribution in [2.45, 2.75) is 63.1 Å². The number of hydrogen-bond donors (Lipinski definition) is 2. The number of urea groups is 1. The van der Waals surface area contributed by atoms with Crippen LogP contribution in [0.1, 0.15) is 55.7 Å². The average molecular weight is 406 g/mol. The van der Waals surface area contributed by atoms with Crippen LogP contribution in [-0.4, -0.2) is 35.5 Å². The third-order valence-electron chi connectivity index (χ3n) is 6.04. The predicted octanol–water partition coefficient (Wildman–Crippen LogP) is 4.20. The number of benzene rings is 2. The van der Waals surface area contributed by atoms with Crippen LogP contribution in [0, 0.1) is 0 Å². The summed E-state index contributed by atoms with van der Waals surface area (Å²) in [5, 5.41) is 6.28. The normalized spacial score (nSPS) is 19.3. The Bertz CT molecular complexity index is 836. The molecule has 5 heteroatoms. The summed E-state index contributed by atoms with van der Waals surface area (Å²) in [7, 11) is 0. The highest BCUT2D eigenvalue weighted by Gasteiger charge is 2.37. The molecule has 1 aliphatic heterocycles. The van der Waals surface area contributed by atoms with Crippen molar-refractivity contribution in [1.82, 2.24) is 15.5 Å². The second-order valence-electron chi connectivity index (χ2n) is 8.42. The van der Waals surface area contributed by atoms with E-state index in [4.69, 9.17) is 0 Å². The first kappa shape index (κ1) is 20.5. The Kier molecular flexibility index (Phi) is 6.67. The maximum Gasteiger partial charge on any atom is 0.318 e. The van der Waals surface area contributed by atoms with E-state index in [2.05, 4.69) is 47.0 Å². The molecule has 2 fully saturated rings. The minimum atomic E-state index is -0.341. The monoisotopic (exact) mass is 405 g/mol. The van der Waals surface area contributed by atoms with Crippen LogP contribution in [0.15, 0.2) is 60.7 Å². The molecule has 1 saturated heterocycles. The minimum absolute atomic E-state index is 0.00508. The lowest BCUT2D eigenvalue weighted by Crippen LogP contribution is -2.50. The zero-order chi connectivity index (χ0) is 20.8. The molecule has 0 spiro atoms. The molecule has 5 nitrogen and oxygen atoms in total. The highest BCUT2D eigenvalue weighted by atomic mass is 16.2. The van der Waals surface area contributed by atoms with Gasteiger partial charge in [0.1, 0.15) is 6.04 Å². The molecular weight excluding hydrogens is 374 g/mol. The van der Waals surface area contributed by atoms with E-state index in [-0.39, 0.29) is 24.0 Å². The summed E-state index contributed by atoms with van der Waals surface area (Å²) >= 11 is 0. The van der Waals surface area contributed by atoms with Gasteiger partial charge in [-0.15, -0.1) is 0 Å². The summed E-state index contributed by atoms with van der Waals surface area (Å²) in [6.45, 7) is 0.639. The van der Waals surface area contributed by atoms with Crippen molar-refractivity contribution in [3.8, 4) is 0 Å². The van der Waals surface area contributed by atoms with Crippen LogP contribution >= 0.6 is 0 Å². The Morgan fingerprint density at radius 3 is 2.37 bits per heavy atom. The molecule has 158 valence electrons. The summed E-state index contributed by atoms with van der Waals surface area (Å²) in [6, 6.07) is 20.4. The molecular formula is C25H31N3O2. The number of hydrogen-bond acceptors (Lipinski definition) is 2. The first-order valence-corrected chi connectivity index (χ1v) is 11.2. The van der Waals surface area contributed by atoms with E-state index < -0.39 is 0 Å². The number of nitrogens with one attached hydrogen (secondary N) is 2. The Morgan fingerprint density at radius 2 is 1.67 bits per heavy atom. The van der Waals surface area contributed by atoms with Gasteiger partial charge in [0, 0.05) is 12.6 Å². The molecule has 1 saturated carbocycles. The van der Waals surface area contributed by atoms with Crippen LogP contribution in [0.2, 0.25) is 0 Å². The van der Waals surface area contributed by atoms with Gasteiger partial charge in [0.05, 0.1) is 6.04 Å². The van der Waals surface area contributed by atoms with Gasteiger partial charge in [-0.25, -0.2) is 4.79 Å². The highest BCUT2D eigenvalue weighted by Crippen LogP contribution is 2.24. The van der Waals surface area contributed by atoms with Crippen molar-refractivity contribution in [2.75, 3.05) is 6.54 Å². The Morgan fingerprint density at radius 1 is 0.967 bits per heavy atom. The van der Waals surface area contributed by atoms with Gasteiger partial charge in [0.25, 0.3) is 0 Å². The third kappa shape index (κ3) is 5.41. The van der Waals surface area contributed by atoms with Gasteiger partial charge in [0.2, 0.25) is 5.91 Å². The first-order chi connectivity index (χ1) is 14.7. The third-order valence-corrected chi connectivity index (χ3v) is 6.04. The second kappa shape index (κ2) is 9.79. The van der Waals surface area contributed by atoms with E-state index in [9.17, 15) is 9.59 Å². The van der Waals surface area contributed by atoms with Crippen molar-refractivity contribution in [2.24, 2.45) is 0 Å².